The molecule has 0 saturated carbocycles. The van der Waals surface area contributed by atoms with Crippen LogP contribution in [0.5, 0.6) is 5.75 Å². The third-order valence-corrected chi connectivity index (χ3v) is 3.92. The highest BCUT2D eigenvalue weighted by molar-refractivity contribution is 5.38. The number of hydrogen-bond acceptors (Lipinski definition) is 2. The number of rotatable bonds is 7. The molecule has 0 radical (unpaired) electrons. The Morgan fingerprint density at radius 3 is 2.89 bits per heavy atom. The van der Waals surface area contributed by atoms with Gasteiger partial charge in [-0.3, -0.25) is 0 Å². The van der Waals surface area contributed by atoms with E-state index < -0.39 is 0 Å². The summed E-state index contributed by atoms with van der Waals surface area (Å²) in [7, 11) is 0. The van der Waals surface area contributed by atoms with Gasteiger partial charge >= 0.3 is 0 Å². The largest absolute Gasteiger partial charge is 0.494 e. The van der Waals surface area contributed by atoms with Crippen molar-refractivity contribution in [3.63, 3.8) is 0 Å². The summed E-state index contributed by atoms with van der Waals surface area (Å²) in [5, 5.41) is 10.00. The van der Waals surface area contributed by atoms with Crippen molar-refractivity contribution in [1.82, 2.24) is 0 Å². The molecule has 0 spiro atoms. The highest BCUT2D eigenvalue weighted by Crippen LogP contribution is 2.32. The van der Waals surface area contributed by atoms with Gasteiger partial charge in [-0.1, -0.05) is 38.7 Å². The Bertz CT molecular complexity index is 387. The van der Waals surface area contributed by atoms with Crippen LogP contribution in [0.1, 0.15) is 69.1 Å². The molecule has 0 saturated heterocycles. The highest BCUT2D eigenvalue weighted by atomic mass is 16.5. The van der Waals surface area contributed by atoms with Crippen molar-refractivity contribution in [2.45, 2.75) is 64.4 Å². The fourth-order valence-corrected chi connectivity index (χ4v) is 2.74. The maximum absolute atomic E-state index is 10.00. The lowest BCUT2D eigenvalue weighted by molar-refractivity contribution is 0.156. The van der Waals surface area contributed by atoms with Gasteiger partial charge in [0.25, 0.3) is 0 Å². The third kappa shape index (κ3) is 4.24. The minimum Gasteiger partial charge on any atom is -0.494 e. The van der Waals surface area contributed by atoms with Crippen LogP contribution in [0.3, 0.4) is 0 Å². The number of benzene rings is 1. The van der Waals surface area contributed by atoms with E-state index in [0.717, 1.165) is 43.6 Å². The molecule has 0 heterocycles. The fraction of sp³-hybridized carbons (Fsp3) is 0.647. The minimum absolute atomic E-state index is 0.295. The molecular formula is C17H26O2. The molecule has 1 aliphatic carbocycles. The second-order valence-corrected chi connectivity index (χ2v) is 5.53. The van der Waals surface area contributed by atoms with Crippen LogP contribution >= 0.6 is 0 Å². The summed E-state index contributed by atoms with van der Waals surface area (Å²) < 4.78 is 5.79. The zero-order valence-electron chi connectivity index (χ0n) is 12.0. The van der Waals surface area contributed by atoms with E-state index in [1.165, 1.54) is 31.2 Å². The molecule has 0 unspecified atom stereocenters. The maximum Gasteiger partial charge on any atom is 0.119 e. The monoisotopic (exact) mass is 262 g/mol. The van der Waals surface area contributed by atoms with E-state index in [1.807, 2.05) is 12.1 Å². The van der Waals surface area contributed by atoms with E-state index in [9.17, 15) is 5.11 Å². The van der Waals surface area contributed by atoms with Crippen LogP contribution in [0, 0.1) is 0 Å². The van der Waals surface area contributed by atoms with Gasteiger partial charge in [-0.25, -0.2) is 0 Å². The topological polar surface area (TPSA) is 29.5 Å². The second kappa shape index (κ2) is 7.54. The standard InChI is InChI=1S/C17H26O2/c1-2-3-4-5-6-12-19-15-11-10-14-8-7-9-17(18)16(14)13-15/h10-11,13,17-18H,2-9,12H2,1H3/t17-/m0/s1. The second-order valence-electron chi connectivity index (χ2n) is 5.53. The zero-order valence-corrected chi connectivity index (χ0v) is 12.0. The molecule has 2 nitrogen and oxygen atoms in total. The van der Waals surface area contributed by atoms with Crippen LogP contribution in [0.2, 0.25) is 0 Å². The summed E-state index contributed by atoms with van der Waals surface area (Å²) >= 11 is 0. The maximum atomic E-state index is 10.00. The number of ether oxygens (including phenoxy) is 1. The Balaban J connectivity index is 1.79. The summed E-state index contributed by atoms with van der Waals surface area (Å²) in [6, 6.07) is 6.19. The lowest BCUT2D eigenvalue weighted by Gasteiger charge is -2.22. The fourth-order valence-electron chi connectivity index (χ4n) is 2.74. The van der Waals surface area contributed by atoms with Crippen LogP contribution in [0.15, 0.2) is 18.2 Å². The van der Waals surface area contributed by atoms with Crippen molar-refractivity contribution in [2.75, 3.05) is 6.61 Å². The first-order valence-corrected chi connectivity index (χ1v) is 7.75. The predicted molar refractivity (Wildman–Crippen MR) is 78.6 cm³/mol. The quantitative estimate of drug-likeness (QED) is 0.738. The third-order valence-electron chi connectivity index (χ3n) is 3.92. The summed E-state index contributed by atoms with van der Waals surface area (Å²) in [6.45, 7) is 3.02. The minimum atomic E-state index is -0.295. The highest BCUT2D eigenvalue weighted by Gasteiger charge is 2.18. The number of unbranched alkanes of at least 4 members (excludes halogenated alkanes) is 4. The lowest BCUT2D eigenvalue weighted by Crippen LogP contribution is -2.09. The molecule has 106 valence electrons. The zero-order chi connectivity index (χ0) is 13.5. The van der Waals surface area contributed by atoms with Gasteiger partial charge in [-0.2, -0.15) is 0 Å². The summed E-state index contributed by atoms with van der Waals surface area (Å²) in [5.74, 6) is 0.912. The normalized spacial score (nSPS) is 18.1. The van der Waals surface area contributed by atoms with Crippen LogP contribution in [0.25, 0.3) is 0 Å². The Morgan fingerprint density at radius 2 is 2.05 bits per heavy atom. The number of aryl methyl sites for hydroxylation is 1. The Hall–Kier alpha value is -1.02. The predicted octanol–water partition coefficient (Wildman–Crippen LogP) is 4.41. The van der Waals surface area contributed by atoms with Crippen molar-refractivity contribution in [3.8, 4) is 5.75 Å². The van der Waals surface area contributed by atoms with E-state index in [0.29, 0.717) is 0 Å². The lowest BCUT2D eigenvalue weighted by atomic mass is 9.89. The Labute approximate surface area is 116 Å². The average Bonchev–Trinajstić information content (AvgIpc) is 2.43. The van der Waals surface area contributed by atoms with Gasteiger partial charge in [0.2, 0.25) is 0 Å². The van der Waals surface area contributed by atoms with Gasteiger partial charge in [-0.05, 0) is 48.9 Å². The Morgan fingerprint density at radius 1 is 1.21 bits per heavy atom. The molecule has 1 aromatic carbocycles. The molecule has 2 rings (SSSR count). The first-order chi connectivity index (χ1) is 9.31. The SMILES string of the molecule is CCCCCCCOc1ccc2c(c1)[C@@H](O)CCC2. The van der Waals surface area contributed by atoms with Crippen LogP contribution < -0.4 is 4.74 Å². The van der Waals surface area contributed by atoms with E-state index in [-0.39, 0.29) is 6.10 Å². The molecule has 1 atom stereocenters. The van der Waals surface area contributed by atoms with Crippen molar-refractivity contribution in [1.29, 1.82) is 0 Å². The van der Waals surface area contributed by atoms with Crippen molar-refractivity contribution >= 4 is 0 Å². The summed E-state index contributed by atoms with van der Waals surface area (Å²) in [6.07, 6.45) is 9.05. The van der Waals surface area contributed by atoms with E-state index in [1.54, 1.807) is 0 Å². The van der Waals surface area contributed by atoms with Gasteiger partial charge in [0, 0.05) is 0 Å². The van der Waals surface area contributed by atoms with Gasteiger partial charge in [0.05, 0.1) is 12.7 Å². The van der Waals surface area contributed by atoms with Crippen LogP contribution in [0.4, 0.5) is 0 Å². The number of hydrogen-bond donors (Lipinski definition) is 1. The average molecular weight is 262 g/mol. The molecular weight excluding hydrogens is 236 g/mol. The van der Waals surface area contributed by atoms with Gasteiger partial charge < -0.3 is 9.84 Å². The van der Waals surface area contributed by atoms with Crippen LogP contribution in [-0.4, -0.2) is 11.7 Å². The molecule has 1 aromatic rings. The molecule has 0 aromatic heterocycles. The first kappa shape index (κ1) is 14.4. The van der Waals surface area contributed by atoms with E-state index >= 15 is 0 Å². The summed E-state index contributed by atoms with van der Waals surface area (Å²) in [5.41, 5.74) is 2.36. The van der Waals surface area contributed by atoms with Gasteiger partial charge in [0.15, 0.2) is 0 Å². The van der Waals surface area contributed by atoms with Crippen molar-refractivity contribution in [3.05, 3.63) is 29.3 Å². The molecule has 1 N–H and O–H groups in total. The van der Waals surface area contributed by atoms with Gasteiger partial charge in [-0.15, -0.1) is 0 Å². The Kier molecular flexibility index (Phi) is 5.71. The summed E-state index contributed by atoms with van der Waals surface area (Å²) in [4.78, 5) is 0. The van der Waals surface area contributed by atoms with Crippen molar-refractivity contribution < 1.29 is 9.84 Å². The van der Waals surface area contributed by atoms with Crippen molar-refractivity contribution in [2.24, 2.45) is 0 Å². The number of aliphatic hydroxyl groups excluding tert-OH is 1. The van der Waals surface area contributed by atoms with E-state index in [2.05, 4.69) is 13.0 Å². The molecule has 0 aliphatic heterocycles. The molecule has 0 amide bonds. The number of aliphatic hydroxyl groups is 1. The molecule has 0 bridgehead atoms. The molecule has 2 heteroatoms. The number of fused-ring (bicyclic) bond motifs is 1. The van der Waals surface area contributed by atoms with Crippen LogP contribution in [-0.2, 0) is 6.42 Å². The smallest absolute Gasteiger partial charge is 0.119 e. The first-order valence-electron chi connectivity index (χ1n) is 7.75. The molecule has 19 heavy (non-hydrogen) atoms. The van der Waals surface area contributed by atoms with Gasteiger partial charge in [0.1, 0.15) is 5.75 Å². The van der Waals surface area contributed by atoms with E-state index in [4.69, 9.17) is 4.74 Å². The molecule has 1 aliphatic rings. The molecule has 0 fully saturated rings.